The molecular formula is C20H17ClN2O2. The van der Waals surface area contributed by atoms with Gasteiger partial charge in [-0.15, -0.1) is 0 Å². The zero-order valence-corrected chi connectivity index (χ0v) is 14.6. The summed E-state index contributed by atoms with van der Waals surface area (Å²) in [4.78, 5) is 12.7. The van der Waals surface area contributed by atoms with Crippen LogP contribution in [0.1, 0.15) is 22.8 Å². The van der Waals surface area contributed by atoms with Crippen LogP contribution in [0.25, 0.3) is 22.5 Å². The summed E-state index contributed by atoms with van der Waals surface area (Å²) in [6.45, 7) is 2.88. The number of benzene rings is 2. The van der Waals surface area contributed by atoms with E-state index in [1.807, 2.05) is 41.9 Å². The summed E-state index contributed by atoms with van der Waals surface area (Å²) in [5, 5.41) is 5.37. The van der Waals surface area contributed by atoms with Crippen LogP contribution >= 0.6 is 11.6 Å². The smallest absolute Gasteiger partial charge is 0.342 e. The predicted octanol–water partition coefficient (Wildman–Crippen LogP) is 4.60. The summed E-state index contributed by atoms with van der Waals surface area (Å²) in [6, 6.07) is 15.5. The first-order valence-corrected chi connectivity index (χ1v) is 8.69. The van der Waals surface area contributed by atoms with Crippen molar-refractivity contribution in [2.75, 3.05) is 6.61 Å². The molecule has 1 aliphatic rings. The minimum atomic E-state index is -0.342. The van der Waals surface area contributed by atoms with E-state index in [0.29, 0.717) is 22.9 Å². The van der Waals surface area contributed by atoms with E-state index in [0.717, 1.165) is 29.8 Å². The molecule has 4 rings (SSSR count). The van der Waals surface area contributed by atoms with E-state index in [-0.39, 0.29) is 5.97 Å². The second kappa shape index (κ2) is 6.37. The Labute approximate surface area is 151 Å². The number of nitrogens with zero attached hydrogens (tertiary/aromatic N) is 2. The van der Waals surface area contributed by atoms with E-state index in [4.69, 9.17) is 21.4 Å². The quantitative estimate of drug-likeness (QED) is 0.647. The van der Waals surface area contributed by atoms with Gasteiger partial charge >= 0.3 is 5.97 Å². The van der Waals surface area contributed by atoms with Gasteiger partial charge in [0.15, 0.2) is 0 Å². The molecule has 0 N–H and O–H groups in total. The number of hydrogen-bond donors (Lipinski definition) is 0. The van der Waals surface area contributed by atoms with Gasteiger partial charge in [0.25, 0.3) is 0 Å². The minimum absolute atomic E-state index is 0.325. The Hall–Kier alpha value is -2.59. The molecule has 25 heavy (non-hydrogen) atoms. The van der Waals surface area contributed by atoms with Crippen LogP contribution in [0.5, 0.6) is 0 Å². The molecule has 0 bridgehead atoms. The van der Waals surface area contributed by atoms with E-state index >= 15 is 0 Å². The van der Waals surface area contributed by atoms with Gasteiger partial charge in [0.1, 0.15) is 11.3 Å². The minimum Gasteiger partial charge on any atom is -0.462 e. The molecule has 0 unspecified atom stereocenters. The zero-order valence-electron chi connectivity index (χ0n) is 13.8. The summed E-state index contributed by atoms with van der Waals surface area (Å²) in [6.07, 6.45) is 0.896. The molecule has 5 heteroatoms. The molecule has 1 aliphatic heterocycles. The van der Waals surface area contributed by atoms with E-state index in [1.165, 1.54) is 5.56 Å². The third-order valence-corrected chi connectivity index (χ3v) is 4.67. The molecule has 0 amide bonds. The van der Waals surface area contributed by atoms with Crippen molar-refractivity contribution in [2.24, 2.45) is 0 Å². The fourth-order valence-electron chi connectivity index (χ4n) is 3.30. The summed E-state index contributed by atoms with van der Waals surface area (Å²) >= 11 is 6.00. The van der Waals surface area contributed by atoms with E-state index < -0.39 is 0 Å². The van der Waals surface area contributed by atoms with Crippen molar-refractivity contribution in [3.63, 3.8) is 0 Å². The SMILES string of the molecule is CCOC(=O)c1c(-c2ccc(Cl)cc2)nn2c1-c1ccccc1CC2. The van der Waals surface area contributed by atoms with E-state index in [1.54, 1.807) is 12.1 Å². The highest BCUT2D eigenvalue weighted by molar-refractivity contribution is 6.30. The number of carbonyl (C=O) groups is 1. The lowest BCUT2D eigenvalue weighted by molar-refractivity contribution is 0.0528. The van der Waals surface area contributed by atoms with Gasteiger partial charge in [-0.2, -0.15) is 5.10 Å². The molecular weight excluding hydrogens is 336 g/mol. The highest BCUT2D eigenvalue weighted by Gasteiger charge is 2.29. The van der Waals surface area contributed by atoms with Gasteiger partial charge in [0.2, 0.25) is 0 Å². The van der Waals surface area contributed by atoms with Crippen LogP contribution in [0, 0.1) is 0 Å². The van der Waals surface area contributed by atoms with Crippen LogP contribution in [0.15, 0.2) is 48.5 Å². The summed E-state index contributed by atoms with van der Waals surface area (Å²) in [5.41, 5.74) is 5.13. The molecule has 0 spiro atoms. The maximum atomic E-state index is 12.7. The van der Waals surface area contributed by atoms with E-state index in [9.17, 15) is 4.79 Å². The monoisotopic (exact) mass is 352 g/mol. The standard InChI is InChI=1S/C20H17ClN2O2/c1-2-25-20(24)17-18(14-7-9-15(21)10-8-14)22-23-12-11-13-5-3-4-6-16(13)19(17)23/h3-10H,2,11-12H2,1H3. The summed E-state index contributed by atoms with van der Waals surface area (Å²) in [7, 11) is 0. The first kappa shape index (κ1) is 15.9. The Balaban J connectivity index is 1.96. The lowest BCUT2D eigenvalue weighted by Gasteiger charge is -2.18. The van der Waals surface area contributed by atoms with Gasteiger partial charge in [0, 0.05) is 22.7 Å². The fourth-order valence-corrected chi connectivity index (χ4v) is 3.43. The second-order valence-corrected chi connectivity index (χ2v) is 6.37. The molecule has 0 atom stereocenters. The number of ether oxygens (including phenoxy) is 1. The number of hydrogen-bond acceptors (Lipinski definition) is 3. The molecule has 126 valence electrons. The maximum absolute atomic E-state index is 12.7. The van der Waals surface area contributed by atoms with Crippen LogP contribution in [0.3, 0.4) is 0 Å². The topological polar surface area (TPSA) is 44.1 Å². The number of esters is 1. The summed E-state index contributed by atoms with van der Waals surface area (Å²) < 4.78 is 7.25. The number of halogens is 1. The molecule has 0 radical (unpaired) electrons. The van der Waals surface area contributed by atoms with Gasteiger partial charge in [0.05, 0.1) is 12.3 Å². The Morgan fingerprint density at radius 1 is 1.20 bits per heavy atom. The lowest BCUT2D eigenvalue weighted by Crippen LogP contribution is -2.14. The number of carbonyl (C=O) groups excluding carboxylic acids is 1. The first-order valence-electron chi connectivity index (χ1n) is 8.31. The first-order chi connectivity index (χ1) is 12.2. The van der Waals surface area contributed by atoms with Crippen molar-refractivity contribution in [3.05, 3.63) is 64.7 Å². The number of aryl methyl sites for hydroxylation is 2. The molecule has 3 aromatic rings. The van der Waals surface area contributed by atoms with Crippen LogP contribution in [-0.4, -0.2) is 22.4 Å². The van der Waals surface area contributed by atoms with Gasteiger partial charge in [-0.25, -0.2) is 4.79 Å². The number of fused-ring (bicyclic) bond motifs is 3. The average Bonchev–Trinajstić information content (AvgIpc) is 3.02. The van der Waals surface area contributed by atoms with E-state index in [2.05, 4.69) is 6.07 Å². The molecule has 1 aromatic heterocycles. The number of aromatic nitrogens is 2. The largest absolute Gasteiger partial charge is 0.462 e. The molecule has 2 heterocycles. The molecule has 0 saturated heterocycles. The van der Waals surface area contributed by atoms with Gasteiger partial charge in [-0.1, -0.05) is 48.0 Å². The molecule has 4 nitrogen and oxygen atoms in total. The Kier molecular flexibility index (Phi) is 4.06. The van der Waals surface area contributed by atoms with Gasteiger partial charge < -0.3 is 4.74 Å². The third kappa shape index (κ3) is 2.72. The molecule has 2 aromatic carbocycles. The Bertz CT molecular complexity index is 945. The van der Waals surface area contributed by atoms with Gasteiger partial charge in [-0.3, -0.25) is 4.68 Å². The maximum Gasteiger partial charge on any atom is 0.342 e. The van der Waals surface area contributed by atoms with Crippen molar-refractivity contribution >= 4 is 17.6 Å². The van der Waals surface area contributed by atoms with Crippen molar-refractivity contribution in [1.82, 2.24) is 9.78 Å². The van der Waals surface area contributed by atoms with Crippen LogP contribution in [-0.2, 0) is 17.7 Å². The Morgan fingerprint density at radius 3 is 2.72 bits per heavy atom. The molecule has 0 fully saturated rings. The number of rotatable bonds is 3. The van der Waals surface area contributed by atoms with Gasteiger partial charge in [-0.05, 0) is 31.0 Å². The van der Waals surface area contributed by atoms with Crippen LogP contribution in [0.2, 0.25) is 5.02 Å². The summed E-state index contributed by atoms with van der Waals surface area (Å²) in [5.74, 6) is -0.342. The highest BCUT2D eigenvalue weighted by atomic mass is 35.5. The Morgan fingerprint density at radius 2 is 1.96 bits per heavy atom. The highest BCUT2D eigenvalue weighted by Crippen LogP contribution is 2.37. The zero-order chi connectivity index (χ0) is 17.4. The van der Waals surface area contributed by atoms with Crippen molar-refractivity contribution in [2.45, 2.75) is 19.9 Å². The molecule has 0 saturated carbocycles. The lowest BCUT2D eigenvalue weighted by atomic mass is 9.94. The van der Waals surface area contributed by atoms with Crippen LogP contribution < -0.4 is 0 Å². The predicted molar refractivity (Wildman–Crippen MR) is 97.8 cm³/mol. The van der Waals surface area contributed by atoms with Crippen molar-refractivity contribution < 1.29 is 9.53 Å². The van der Waals surface area contributed by atoms with Crippen LogP contribution in [0.4, 0.5) is 0 Å². The normalized spacial score (nSPS) is 12.4. The van der Waals surface area contributed by atoms with Crippen molar-refractivity contribution in [1.29, 1.82) is 0 Å². The third-order valence-electron chi connectivity index (χ3n) is 4.42. The average molecular weight is 353 g/mol. The molecule has 0 aliphatic carbocycles. The second-order valence-electron chi connectivity index (χ2n) is 5.93. The van der Waals surface area contributed by atoms with Crippen molar-refractivity contribution in [3.8, 4) is 22.5 Å². The fraction of sp³-hybridized carbons (Fsp3) is 0.200.